The molecule has 18 heavy (non-hydrogen) atoms. The molecule has 1 aromatic carbocycles. The van der Waals surface area contributed by atoms with E-state index in [1.807, 2.05) is 24.3 Å². The molecule has 5 heteroatoms. The molecule has 1 unspecified atom stereocenters. The summed E-state index contributed by atoms with van der Waals surface area (Å²) in [7, 11) is 0. The molecule has 0 spiro atoms. The SMILES string of the molecule is Cl.N=C(N)c1cccc(CN2CCCC2CO)c1. The van der Waals surface area contributed by atoms with Crippen LogP contribution in [0.4, 0.5) is 0 Å². The summed E-state index contributed by atoms with van der Waals surface area (Å²) in [4.78, 5) is 2.29. The molecule has 100 valence electrons. The molecule has 1 aromatic rings. The first-order valence-corrected chi connectivity index (χ1v) is 5.99. The average molecular weight is 270 g/mol. The Morgan fingerprint density at radius 2 is 2.28 bits per heavy atom. The van der Waals surface area contributed by atoms with Crippen molar-refractivity contribution < 1.29 is 5.11 Å². The normalized spacial score (nSPS) is 19.5. The number of nitrogens with zero attached hydrogens (tertiary/aromatic N) is 1. The molecule has 0 aromatic heterocycles. The third kappa shape index (κ3) is 3.45. The number of hydrogen-bond acceptors (Lipinski definition) is 3. The van der Waals surface area contributed by atoms with Gasteiger partial charge in [-0.15, -0.1) is 12.4 Å². The number of aliphatic hydroxyl groups excluding tert-OH is 1. The second kappa shape index (κ2) is 6.73. The molecule has 2 rings (SSSR count). The van der Waals surface area contributed by atoms with E-state index in [2.05, 4.69) is 4.90 Å². The molecule has 1 aliphatic rings. The zero-order valence-electron chi connectivity index (χ0n) is 10.3. The van der Waals surface area contributed by atoms with Crippen molar-refractivity contribution in [1.82, 2.24) is 4.90 Å². The van der Waals surface area contributed by atoms with Crippen molar-refractivity contribution in [2.45, 2.75) is 25.4 Å². The van der Waals surface area contributed by atoms with Crippen LogP contribution in [-0.4, -0.2) is 35.0 Å². The smallest absolute Gasteiger partial charge is 0.122 e. The number of likely N-dealkylation sites (tertiary alicyclic amines) is 1. The highest BCUT2D eigenvalue weighted by molar-refractivity contribution is 5.95. The Labute approximate surface area is 114 Å². The minimum absolute atomic E-state index is 0. The molecule has 4 N–H and O–H groups in total. The molecule has 0 aliphatic carbocycles. The Morgan fingerprint density at radius 3 is 2.94 bits per heavy atom. The van der Waals surface area contributed by atoms with Crippen LogP contribution >= 0.6 is 12.4 Å². The fraction of sp³-hybridized carbons (Fsp3) is 0.462. The van der Waals surface area contributed by atoms with E-state index in [9.17, 15) is 5.11 Å². The van der Waals surface area contributed by atoms with Crippen LogP contribution in [0.5, 0.6) is 0 Å². The zero-order chi connectivity index (χ0) is 12.3. The van der Waals surface area contributed by atoms with E-state index in [1.54, 1.807) is 0 Å². The summed E-state index contributed by atoms with van der Waals surface area (Å²) in [5, 5.41) is 16.7. The van der Waals surface area contributed by atoms with Crippen molar-refractivity contribution in [3.8, 4) is 0 Å². The van der Waals surface area contributed by atoms with Crippen molar-refractivity contribution in [1.29, 1.82) is 5.41 Å². The van der Waals surface area contributed by atoms with Gasteiger partial charge in [0.15, 0.2) is 0 Å². The van der Waals surface area contributed by atoms with E-state index >= 15 is 0 Å². The van der Waals surface area contributed by atoms with Crippen LogP contribution in [0, 0.1) is 5.41 Å². The van der Waals surface area contributed by atoms with E-state index in [0.717, 1.165) is 37.1 Å². The topological polar surface area (TPSA) is 73.3 Å². The van der Waals surface area contributed by atoms with Crippen LogP contribution < -0.4 is 5.73 Å². The van der Waals surface area contributed by atoms with Gasteiger partial charge in [0.1, 0.15) is 5.84 Å². The summed E-state index contributed by atoms with van der Waals surface area (Å²) in [6.07, 6.45) is 2.22. The molecule has 0 radical (unpaired) electrons. The second-order valence-corrected chi connectivity index (χ2v) is 4.56. The lowest BCUT2D eigenvalue weighted by atomic mass is 10.1. The quantitative estimate of drug-likeness (QED) is 0.571. The number of rotatable bonds is 4. The number of nitrogens with two attached hydrogens (primary N) is 1. The number of amidine groups is 1. The number of aliphatic hydroxyl groups is 1. The van der Waals surface area contributed by atoms with Crippen LogP contribution in [0.25, 0.3) is 0 Å². The highest BCUT2D eigenvalue weighted by atomic mass is 35.5. The van der Waals surface area contributed by atoms with Gasteiger partial charge in [0.2, 0.25) is 0 Å². The third-order valence-electron chi connectivity index (χ3n) is 3.33. The maximum absolute atomic E-state index is 9.26. The predicted octanol–water partition coefficient (Wildman–Crippen LogP) is 1.35. The standard InChI is InChI=1S/C13H19N3O.ClH/c14-13(15)11-4-1-3-10(7-11)8-16-6-2-5-12(16)9-17;/h1,3-4,7,12,17H,2,5-6,8-9H2,(H3,14,15);1H. The minimum atomic E-state index is 0. The van der Waals surface area contributed by atoms with Crippen molar-refractivity contribution in [3.63, 3.8) is 0 Å². The van der Waals surface area contributed by atoms with E-state index in [1.165, 1.54) is 0 Å². The van der Waals surface area contributed by atoms with Gasteiger partial charge >= 0.3 is 0 Å². The highest BCUT2D eigenvalue weighted by Crippen LogP contribution is 2.19. The first-order valence-electron chi connectivity index (χ1n) is 5.99. The number of hydrogen-bond donors (Lipinski definition) is 3. The second-order valence-electron chi connectivity index (χ2n) is 4.56. The number of nitrogens with one attached hydrogen (secondary N) is 1. The van der Waals surface area contributed by atoms with Gasteiger partial charge in [-0.3, -0.25) is 10.3 Å². The molecule has 0 bridgehead atoms. The lowest BCUT2D eigenvalue weighted by molar-refractivity contribution is 0.153. The molecule has 1 heterocycles. The molecule has 1 atom stereocenters. The Bertz CT molecular complexity index is 411. The van der Waals surface area contributed by atoms with E-state index in [4.69, 9.17) is 11.1 Å². The van der Waals surface area contributed by atoms with Gasteiger partial charge in [-0.05, 0) is 31.0 Å². The van der Waals surface area contributed by atoms with Crippen molar-refractivity contribution >= 4 is 18.2 Å². The van der Waals surface area contributed by atoms with Crippen molar-refractivity contribution in [2.75, 3.05) is 13.2 Å². The summed E-state index contributed by atoms with van der Waals surface area (Å²) < 4.78 is 0. The van der Waals surface area contributed by atoms with Crippen molar-refractivity contribution in [3.05, 3.63) is 35.4 Å². The molecule has 4 nitrogen and oxygen atoms in total. The van der Waals surface area contributed by atoms with E-state index in [0.29, 0.717) is 0 Å². The Balaban J connectivity index is 0.00000162. The fourth-order valence-electron chi connectivity index (χ4n) is 2.38. The van der Waals surface area contributed by atoms with Crippen molar-refractivity contribution in [2.24, 2.45) is 5.73 Å². The monoisotopic (exact) mass is 269 g/mol. The largest absolute Gasteiger partial charge is 0.395 e. The fourth-order valence-corrected chi connectivity index (χ4v) is 2.38. The molecular formula is C13H20ClN3O. The number of halogens is 1. The lowest BCUT2D eigenvalue weighted by Crippen LogP contribution is -2.31. The number of benzene rings is 1. The maximum atomic E-state index is 9.26. The molecule has 1 aliphatic heterocycles. The van der Waals surface area contributed by atoms with Gasteiger partial charge in [-0.2, -0.15) is 0 Å². The minimum Gasteiger partial charge on any atom is -0.395 e. The summed E-state index contributed by atoms with van der Waals surface area (Å²) in [6.45, 7) is 2.09. The molecule has 0 saturated carbocycles. The predicted molar refractivity (Wildman–Crippen MR) is 75.2 cm³/mol. The summed E-state index contributed by atoms with van der Waals surface area (Å²) in [5.74, 6) is 0.104. The number of nitrogen functional groups attached to an aromatic ring is 1. The Morgan fingerprint density at radius 1 is 1.50 bits per heavy atom. The highest BCUT2D eigenvalue weighted by Gasteiger charge is 2.23. The summed E-state index contributed by atoms with van der Waals surface area (Å²) >= 11 is 0. The van der Waals surface area contributed by atoms with Gasteiger partial charge in [-0.1, -0.05) is 18.2 Å². The van der Waals surface area contributed by atoms with E-state index in [-0.39, 0.29) is 30.9 Å². The van der Waals surface area contributed by atoms with Gasteiger partial charge in [-0.25, -0.2) is 0 Å². The van der Waals surface area contributed by atoms with Crippen LogP contribution in [0.15, 0.2) is 24.3 Å². The first-order chi connectivity index (χ1) is 8.20. The molecule has 1 saturated heterocycles. The van der Waals surface area contributed by atoms with Gasteiger partial charge in [0.05, 0.1) is 6.61 Å². The van der Waals surface area contributed by atoms with Gasteiger partial charge in [0.25, 0.3) is 0 Å². The maximum Gasteiger partial charge on any atom is 0.122 e. The summed E-state index contributed by atoms with van der Waals surface area (Å²) in [6, 6.07) is 8.06. The van der Waals surface area contributed by atoms with Crippen LogP contribution in [0.3, 0.4) is 0 Å². The average Bonchev–Trinajstić information content (AvgIpc) is 2.76. The van der Waals surface area contributed by atoms with E-state index < -0.39 is 0 Å². The molecule has 1 fully saturated rings. The van der Waals surface area contributed by atoms with Crippen LogP contribution in [0.1, 0.15) is 24.0 Å². The molecule has 0 amide bonds. The van der Waals surface area contributed by atoms with Gasteiger partial charge in [0, 0.05) is 18.2 Å². The van der Waals surface area contributed by atoms with Crippen LogP contribution in [-0.2, 0) is 6.54 Å². The zero-order valence-corrected chi connectivity index (χ0v) is 11.1. The Kier molecular flexibility index (Phi) is 5.59. The van der Waals surface area contributed by atoms with Crippen LogP contribution in [0.2, 0.25) is 0 Å². The third-order valence-corrected chi connectivity index (χ3v) is 3.33. The lowest BCUT2D eigenvalue weighted by Gasteiger charge is -2.22. The first kappa shape index (κ1) is 15.0. The summed E-state index contributed by atoms with van der Waals surface area (Å²) in [5.41, 5.74) is 7.39. The molecular weight excluding hydrogens is 250 g/mol. The van der Waals surface area contributed by atoms with Gasteiger partial charge < -0.3 is 10.8 Å². The Hall–Kier alpha value is -1.10.